The van der Waals surface area contributed by atoms with Crippen molar-refractivity contribution in [2.24, 2.45) is 5.92 Å². The zero-order valence-corrected chi connectivity index (χ0v) is 17.0. The van der Waals surface area contributed by atoms with Gasteiger partial charge in [0.15, 0.2) is 0 Å². The second kappa shape index (κ2) is 12.0. The van der Waals surface area contributed by atoms with Crippen LogP contribution < -0.4 is 0 Å². The van der Waals surface area contributed by atoms with E-state index in [1.807, 2.05) is 6.08 Å². The Morgan fingerprint density at radius 2 is 1.84 bits per heavy atom. The molecular weight excluding hydrogens is 370 g/mol. The van der Waals surface area contributed by atoms with Gasteiger partial charge in [-0.2, -0.15) is 4.31 Å². The lowest BCUT2D eigenvalue weighted by Crippen LogP contribution is -2.20. The molecule has 0 bridgehead atoms. The van der Waals surface area contributed by atoms with E-state index >= 15 is 0 Å². The lowest BCUT2D eigenvalue weighted by atomic mass is 9.94. The molecule has 0 saturated carbocycles. The van der Waals surface area contributed by atoms with Crippen molar-refractivity contribution in [3.8, 4) is 0 Å². The Labute approximate surface area is 149 Å². The number of unbranched alkanes of at least 4 members (excludes halogenated alkanes) is 1. The maximum absolute atomic E-state index is 11.2. The zero-order valence-electron chi connectivity index (χ0n) is 15.2. The number of rotatable bonds is 13. The van der Waals surface area contributed by atoms with E-state index in [-0.39, 0.29) is 6.10 Å². The number of phosphoric ester groups is 1. The van der Waals surface area contributed by atoms with Crippen molar-refractivity contribution in [3.63, 3.8) is 0 Å². The van der Waals surface area contributed by atoms with Gasteiger partial charge in [-0.1, -0.05) is 38.3 Å². The van der Waals surface area contributed by atoms with E-state index in [0.717, 1.165) is 43.9 Å². The fraction of sp³-hybridized carbons (Fsp3) is 0.733. The van der Waals surface area contributed by atoms with Crippen LogP contribution in [0.3, 0.4) is 0 Å². The van der Waals surface area contributed by atoms with Gasteiger partial charge in [-0.3, -0.25) is 4.89 Å². The maximum atomic E-state index is 11.2. The summed E-state index contributed by atoms with van der Waals surface area (Å²) < 4.78 is 35.3. The van der Waals surface area contributed by atoms with Crippen LogP contribution in [0.5, 0.6) is 0 Å². The number of hydrogen-bond acceptors (Lipinski definition) is 5. The molecule has 3 atom stereocenters. The number of methoxy groups -OCH3 is 1. The van der Waals surface area contributed by atoms with Crippen molar-refractivity contribution in [3.05, 3.63) is 24.0 Å². The van der Waals surface area contributed by atoms with Crippen LogP contribution in [0.4, 0.5) is 0 Å². The molecule has 3 N–H and O–H groups in total. The van der Waals surface area contributed by atoms with Crippen molar-refractivity contribution in [2.75, 3.05) is 7.11 Å². The lowest BCUT2D eigenvalue weighted by Gasteiger charge is -2.22. The molecule has 3 unspecified atom stereocenters. The molecule has 0 aromatic rings. The normalized spacial score (nSPS) is 18.1. The van der Waals surface area contributed by atoms with E-state index in [4.69, 9.17) is 19.4 Å². The maximum Gasteiger partial charge on any atom is 0.535 e. The molecule has 10 heteroatoms. The number of phosphoric acid groups is 2. The fourth-order valence-corrected chi connectivity index (χ4v) is 3.68. The van der Waals surface area contributed by atoms with Crippen LogP contribution in [0.2, 0.25) is 0 Å². The summed E-state index contributed by atoms with van der Waals surface area (Å²) in [5.41, 5.74) is 0.783. The molecular formula is C15H30O8P2. The summed E-state index contributed by atoms with van der Waals surface area (Å²) in [7, 11) is -8.21. The molecule has 0 aromatic heterocycles. The van der Waals surface area contributed by atoms with Crippen molar-refractivity contribution in [1.29, 1.82) is 0 Å². The smallest absolute Gasteiger partial charge is 0.412 e. The molecule has 0 amide bonds. The van der Waals surface area contributed by atoms with Gasteiger partial charge in [0.25, 0.3) is 0 Å². The van der Waals surface area contributed by atoms with Gasteiger partial charge in [-0.15, -0.1) is 0 Å². The van der Waals surface area contributed by atoms with Gasteiger partial charge in [-0.05, 0) is 38.2 Å². The van der Waals surface area contributed by atoms with Crippen LogP contribution in [0, 0.1) is 5.92 Å². The highest BCUT2D eigenvalue weighted by atomic mass is 31.3. The first kappa shape index (κ1) is 24.5. The minimum Gasteiger partial charge on any atom is -0.412 e. The van der Waals surface area contributed by atoms with Crippen molar-refractivity contribution >= 4 is 15.6 Å². The van der Waals surface area contributed by atoms with Gasteiger partial charge < -0.3 is 19.0 Å². The topological polar surface area (TPSA) is 123 Å². The third-order valence-corrected chi connectivity index (χ3v) is 5.67. The Bertz CT molecular complexity index is 526. The van der Waals surface area contributed by atoms with Gasteiger partial charge in [0.2, 0.25) is 0 Å². The summed E-state index contributed by atoms with van der Waals surface area (Å²) in [6.45, 7) is 6.07. The van der Waals surface area contributed by atoms with Crippen molar-refractivity contribution < 1.29 is 37.4 Å². The third kappa shape index (κ3) is 13.4. The summed E-state index contributed by atoms with van der Waals surface area (Å²) in [6, 6.07) is 0. The summed E-state index contributed by atoms with van der Waals surface area (Å²) in [6.07, 6.45) is 9.52. The Balaban J connectivity index is 4.36. The zero-order chi connectivity index (χ0) is 19.5. The molecule has 0 aliphatic carbocycles. The summed E-state index contributed by atoms with van der Waals surface area (Å²) in [5.74, 6) is 0.412. The number of allylic oxidation sites excluding steroid dienone is 3. The minimum atomic E-state index is -5.10. The predicted molar refractivity (Wildman–Crippen MR) is 95.7 cm³/mol. The van der Waals surface area contributed by atoms with Crippen LogP contribution in [-0.2, 0) is 22.7 Å². The highest BCUT2D eigenvalue weighted by Gasteiger charge is 2.32. The second-order valence-corrected chi connectivity index (χ2v) is 8.65. The number of ether oxygens (including phenoxy) is 1. The Morgan fingerprint density at radius 3 is 2.36 bits per heavy atom. The molecule has 8 nitrogen and oxygen atoms in total. The van der Waals surface area contributed by atoms with Gasteiger partial charge >= 0.3 is 15.6 Å². The lowest BCUT2D eigenvalue weighted by molar-refractivity contribution is 0.0473. The molecule has 0 radical (unpaired) electrons. The molecule has 0 aliphatic rings. The van der Waals surface area contributed by atoms with E-state index in [2.05, 4.69) is 22.7 Å². The monoisotopic (exact) mass is 400 g/mol. The van der Waals surface area contributed by atoms with Crippen LogP contribution in [0.1, 0.15) is 52.9 Å². The average Bonchev–Trinajstić information content (AvgIpc) is 2.45. The third-order valence-electron chi connectivity index (χ3n) is 3.60. The van der Waals surface area contributed by atoms with Crippen molar-refractivity contribution in [1.82, 2.24) is 0 Å². The Morgan fingerprint density at radius 1 is 1.20 bits per heavy atom. The van der Waals surface area contributed by atoms with Gasteiger partial charge in [0.1, 0.15) is 0 Å². The first-order chi connectivity index (χ1) is 11.5. The highest BCUT2D eigenvalue weighted by Crippen LogP contribution is 2.57. The summed E-state index contributed by atoms with van der Waals surface area (Å²) in [4.78, 5) is 26.1. The van der Waals surface area contributed by atoms with E-state index in [1.165, 1.54) is 6.08 Å². The molecule has 0 aliphatic heterocycles. The van der Waals surface area contributed by atoms with Crippen LogP contribution >= 0.6 is 15.6 Å². The van der Waals surface area contributed by atoms with Crippen LogP contribution in [-0.4, -0.2) is 27.9 Å². The second-order valence-electron chi connectivity index (χ2n) is 5.87. The molecule has 0 saturated heterocycles. The molecule has 0 fully saturated rings. The summed E-state index contributed by atoms with van der Waals surface area (Å²) in [5, 5.41) is 0. The van der Waals surface area contributed by atoms with E-state index < -0.39 is 15.6 Å². The summed E-state index contributed by atoms with van der Waals surface area (Å²) >= 11 is 0. The largest absolute Gasteiger partial charge is 0.535 e. The average molecular weight is 400 g/mol. The molecule has 0 spiro atoms. The van der Waals surface area contributed by atoms with Crippen LogP contribution in [0.25, 0.3) is 0 Å². The van der Waals surface area contributed by atoms with Gasteiger partial charge in [0.05, 0.1) is 12.4 Å². The van der Waals surface area contributed by atoms with E-state index in [9.17, 15) is 9.13 Å². The molecule has 148 valence electrons. The minimum absolute atomic E-state index is 0.234. The van der Waals surface area contributed by atoms with Gasteiger partial charge in [-0.25, -0.2) is 9.13 Å². The van der Waals surface area contributed by atoms with Gasteiger partial charge in [0, 0.05) is 7.11 Å². The SMILES string of the molecule is CCCCC(OC)C(C)CCC=C(C)/C=C/OP(=O)(O)OP(=O)(O)O. The predicted octanol–water partition coefficient (Wildman–Crippen LogP) is 4.29. The first-order valence-corrected chi connectivity index (χ1v) is 11.2. The molecule has 0 aromatic carbocycles. The Hall–Kier alpha value is -0.460. The standard InChI is InChI=1S/C15H30O8P2/c1-5-6-10-15(21-4)14(3)9-7-8-13(2)11-12-22-25(19,20)23-24(16,17)18/h8,11-12,14-15H,5-7,9-10H2,1-4H3,(H,19,20)(H2,16,17,18)/b12-11+,13-8?. The molecule has 0 heterocycles. The first-order valence-electron chi connectivity index (χ1n) is 8.15. The number of hydrogen-bond donors (Lipinski definition) is 3. The quantitative estimate of drug-likeness (QED) is 0.238. The highest BCUT2D eigenvalue weighted by molar-refractivity contribution is 7.60. The van der Waals surface area contributed by atoms with Crippen LogP contribution in [0.15, 0.2) is 24.0 Å². The molecule has 0 rings (SSSR count). The fourth-order valence-electron chi connectivity index (χ4n) is 2.24. The van der Waals surface area contributed by atoms with E-state index in [1.54, 1.807) is 14.0 Å². The molecule has 25 heavy (non-hydrogen) atoms. The van der Waals surface area contributed by atoms with Crippen molar-refractivity contribution in [2.45, 2.75) is 59.0 Å². The Kier molecular flexibility index (Phi) is 11.8. The van der Waals surface area contributed by atoms with E-state index in [0.29, 0.717) is 5.92 Å².